The Bertz CT molecular complexity index is 1700. The van der Waals surface area contributed by atoms with E-state index in [0.29, 0.717) is 41.0 Å². The molecule has 2 aliphatic heterocycles. The van der Waals surface area contributed by atoms with E-state index in [0.717, 1.165) is 27.7 Å². The molecule has 3 aliphatic rings. The Morgan fingerprint density at radius 2 is 2.14 bits per heavy atom. The van der Waals surface area contributed by atoms with Crippen LogP contribution >= 0.6 is 23.1 Å². The fraction of sp³-hybridized carbons (Fsp3) is 0.370. The zero-order valence-corrected chi connectivity index (χ0v) is 24.6. The average molecular weight is 610 g/mol. The van der Waals surface area contributed by atoms with E-state index in [1.807, 2.05) is 13.0 Å². The predicted octanol–water partition coefficient (Wildman–Crippen LogP) is 1.93. The number of oxime groups is 1. The summed E-state index contributed by atoms with van der Waals surface area (Å²) >= 11 is 2.53. The van der Waals surface area contributed by atoms with Crippen LogP contribution in [0.3, 0.4) is 0 Å². The van der Waals surface area contributed by atoms with E-state index in [9.17, 15) is 24.4 Å². The first kappa shape index (κ1) is 29.1. The van der Waals surface area contributed by atoms with Crippen molar-refractivity contribution in [3.63, 3.8) is 0 Å². The molecular formula is C27H27N7O6S2. The van der Waals surface area contributed by atoms with Gasteiger partial charge in [0.15, 0.2) is 16.6 Å². The van der Waals surface area contributed by atoms with Gasteiger partial charge in [0.05, 0.1) is 18.3 Å². The molecular weight excluding hydrogens is 582 g/mol. The lowest BCUT2D eigenvalue weighted by atomic mass is 9.78. The number of aromatic nitrogens is 2. The van der Waals surface area contributed by atoms with Crippen LogP contribution in [0.15, 0.2) is 60.5 Å². The summed E-state index contributed by atoms with van der Waals surface area (Å²) in [5, 5.41) is 17.0. The van der Waals surface area contributed by atoms with Crippen LogP contribution in [0, 0.1) is 17.2 Å². The number of thioether (sulfide) groups is 1. The van der Waals surface area contributed by atoms with Crippen molar-refractivity contribution in [2.24, 2.45) is 11.1 Å². The Morgan fingerprint density at radius 1 is 1.38 bits per heavy atom. The number of amides is 2. The van der Waals surface area contributed by atoms with Crippen molar-refractivity contribution in [2.75, 3.05) is 18.6 Å². The third-order valence-electron chi connectivity index (χ3n) is 7.39. The number of nitriles is 1. The number of Topliss-reactive ketones (excluding diaryl/α,β-unsaturated/α-hetero) is 1. The molecule has 3 atom stereocenters. The van der Waals surface area contributed by atoms with Gasteiger partial charge in [-0.2, -0.15) is 10.0 Å². The number of ketones is 1. The summed E-state index contributed by atoms with van der Waals surface area (Å²) in [5.74, 6) is -0.970. The van der Waals surface area contributed by atoms with Crippen LogP contribution in [0.25, 0.3) is 0 Å². The van der Waals surface area contributed by atoms with Gasteiger partial charge < -0.3 is 20.4 Å². The van der Waals surface area contributed by atoms with Gasteiger partial charge in [0.2, 0.25) is 5.76 Å². The molecule has 15 heteroatoms. The van der Waals surface area contributed by atoms with Gasteiger partial charge in [-0.1, -0.05) is 17.3 Å². The Labute approximate surface area is 248 Å². The molecule has 218 valence electrons. The number of fused-ring (bicyclic) bond motifs is 1. The molecule has 0 spiro atoms. The summed E-state index contributed by atoms with van der Waals surface area (Å²) in [6.07, 6.45) is 0.806. The highest BCUT2D eigenvalue weighted by atomic mass is 32.2. The van der Waals surface area contributed by atoms with Crippen molar-refractivity contribution < 1.29 is 23.7 Å². The third-order valence-corrected chi connectivity index (χ3v) is 9.40. The quantitative estimate of drug-likeness (QED) is 0.194. The largest absolute Gasteiger partial charge is 0.398 e. The topological polar surface area (TPSA) is 186 Å². The molecule has 2 aromatic rings. The molecule has 0 bridgehead atoms. The number of nitrogens with two attached hydrogens (primary N) is 1. The van der Waals surface area contributed by atoms with Crippen LogP contribution in [0.1, 0.15) is 38.1 Å². The summed E-state index contributed by atoms with van der Waals surface area (Å²) in [4.78, 5) is 63.0. The van der Waals surface area contributed by atoms with Crippen LogP contribution < -0.4 is 16.6 Å². The van der Waals surface area contributed by atoms with Crippen molar-refractivity contribution >= 4 is 51.5 Å². The Hall–Kier alpha value is -4.42. The van der Waals surface area contributed by atoms with Gasteiger partial charge >= 0.3 is 0 Å². The van der Waals surface area contributed by atoms with Gasteiger partial charge in [0, 0.05) is 17.6 Å². The molecule has 13 nitrogen and oxygen atoms in total. The number of rotatable bonds is 8. The molecule has 5 rings (SSSR count). The lowest BCUT2D eigenvalue weighted by Crippen LogP contribution is -2.70. The number of β-lactam (4-membered cyclic amide) rings is 1. The van der Waals surface area contributed by atoms with Crippen LogP contribution in [0.5, 0.6) is 0 Å². The van der Waals surface area contributed by atoms with Crippen molar-refractivity contribution in [3.8, 4) is 6.07 Å². The van der Waals surface area contributed by atoms with Crippen LogP contribution in [0.4, 0.5) is 5.13 Å². The molecule has 2 amide bonds. The van der Waals surface area contributed by atoms with Crippen LogP contribution in [-0.2, 0) is 25.8 Å². The van der Waals surface area contributed by atoms with Gasteiger partial charge in [0.25, 0.3) is 17.4 Å². The third kappa shape index (κ3) is 5.19. The molecule has 3 unspecified atom stereocenters. The molecule has 0 aromatic carbocycles. The Kier molecular flexibility index (Phi) is 7.93. The molecule has 4 heterocycles. The fourth-order valence-corrected chi connectivity index (χ4v) is 7.04. The van der Waals surface area contributed by atoms with Gasteiger partial charge in [-0.25, -0.2) is 4.98 Å². The predicted molar refractivity (Wildman–Crippen MR) is 155 cm³/mol. The molecule has 3 N–H and O–H groups in total. The van der Waals surface area contributed by atoms with E-state index in [-0.39, 0.29) is 40.5 Å². The number of allylic oxidation sites excluding steroid dienone is 3. The van der Waals surface area contributed by atoms with Crippen LogP contribution in [-0.4, -0.2) is 62.2 Å². The van der Waals surface area contributed by atoms with E-state index in [2.05, 4.69) is 22.0 Å². The summed E-state index contributed by atoms with van der Waals surface area (Å²) < 4.78 is 6.44. The molecule has 2 aromatic heterocycles. The molecule has 0 saturated carbocycles. The van der Waals surface area contributed by atoms with Gasteiger partial charge in [-0.3, -0.25) is 24.1 Å². The summed E-state index contributed by atoms with van der Waals surface area (Å²) in [6.45, 7) is 7.63. The number of carbonyl (C=O) groups excluding carboxylic acids is 3. The molecule has 1 aliphatic carbocycles. The Balaban J connectivity index is 1.50. The maximum atomic E-state index is 13.7. The second kappa shape index (κ2) is 11.5. The standard InChI is InChI=1S/C27H27N7O6S2/c1-12(2)14-5-17(13(3)19(35)6-14)23-15(9-33-20(36)7-16(8-28)40-33)10-41-26-22(25(38)34(23)26)31-24(37)21(32-39-4)18-11-42-27(29)30-18/h7,11,14,22,26H,1,5-6,9-10H2,2-4H3,(H2,29,30)(H,31,37)/b32-21-. The smallest absolute Gasteiger partial charge is 0.284 e. The first-order valence-corrected chi connectivity index (χ1v) is 14.8. The number of hydrogen-bond donors (Lipinski definition) is 2. The monoisotopic (exact) mass is 609 g/mol. The van der Waals surface area contributed by atoms with Crippen molar-refractivity contribution in [1.82, 2.24) is 19.9 Å². The number of nitrogens with zero attached hydrogens (tertiary/aromatic N) is 5. The van der Waals surface area contributed by atoms with E-state index >= 15 is 0 Å². The molecule has 42 heavy (non-hydrogen) atoms. The van der Waals surface area contributed by atoms with Crippen molar-refractivity contribution in [2.45, 2.75) is 44.6 Å². The first-order valence-electron chi connectivity index (χ1n) is 12.8. The summed E-state index contributed by atoms with van der Waals surface area (Å²) in [5.41, 5.74) is 8.60. The zero-order valence-electron chi connectivity index (χ0n) is 23.0. The Morgan fingerprint density at radius 3 is 2.76 bits per heavy atom. The minimum absolute atomic E-state index is 0.0189. The average Bonchev–Trinajstić information content (AvgIpc) is 3.55. The lowest BCUT2D eigenvalue weighted by Gasteiger charge is -2.51. The maximum Gasteiger partial charge on any atom is 0.284 e. The second-order valence-corrected chi connectivity index (χ2v) is 12.1. The highest BCUT2D eigenvalue weighted by Gasteiger charge is 2.54. The molecule has 0 radical (unpaired) electrons. The number of nitrogen functional groups attached to an aromatic ring is 1. The lowest BCUT2D eigenvalue weighted by molar-refractivity contribution is -0.144. The van der Waals surface area contributed by atoms with E-state index in [4.69, 9.17) is 15.1 Å². The molecule has 1 fully saturated rings. The number of thiazole rings is 1. The number of hydrogen-bond acceptors (Lipinski definition) is 12. The van der Waals surface area contributed by atoms with E-state index in [1.54, 1.807) is 17.2 Å². The normalized spacial score (nSPS) is 22.5. The highest BCUT2D eigenvalue weighted by Crippen LogP contribution is 2.47. The van der Waals surface area contributed by atoms with E-state index < -0.39 is 28.8 Å². The highest BCUT2D eigenvalue weighted by molar-refractivity contribution is 8.00. The minimum atomic E-state index is -0.897. The van der Waals surface area contributed by atoms with Gasteiger partial charge in [-0.15, -0.1) is 23.1 Å². The van der Waals surface area contributed by atoms with Crippen molar-refractivity contribution in [3.05, 3.63) is 67.8 Å². The van der Waals surface area contributed by atoms with Gasteiger partial charge in [0.1, 0.15) is 30.3 Å². The van der Waals surface area contributed by atoms with E-state index in [1.165, 1.54) is 18.9 Å². The summed E-state index contributed by atoms with van der Waals surface area (Å²) in [6, 6.07) is 2.01. The fourth-order valence-electron chi connectivity index (χ4n) is 5.16. The van der Waals surface area contributed by atoms with Crippen LogP contribution in [0.2, 0.25) is 0 Å². The zero-order chi connectivity index (χ0) is 30.3. The molecule has 1 saturated heterocycles. The minimum Gasteiger partial charge on any atom is -0.398 e. The summed E-state index contributed by atoms with van der Waals surface area (Å²) in [7, 11) is 1.29. The SMILES string of the molecule is C=C(C)C1CC(=O)C(C)=C(C2=C(Cn3oc(C#N)cc3=O)CSC3C(NC(=O)/C(=N\OC)c4csc(N)n4)C(=O)N23)C1. The van der Waals surface area contributed by atoms with Gasteiger partial charge in [-0.05, 0) is 42.9 Å². The number of nitrogens with one attached hydrogen (secondary N) is 1. The maximum absolute atomic E-state index is 13.7. The first-order chi connectivity index (χ1) is 20.0. The number of anilines is 1. The second-order valence-electron chi connectivity index (χ2n) is 10.1. The van der Waals surface area contributed by atoms with Crippen molar-refractivity contribution in [1.29, 1.82) is 5.26 Å². The number of carbonyl (C=O) groups is 3.